The van der Waals surface area contributed by atoms with Gasteiger partial charge in [0, 0.05) is 29.9 Å². The number of aromatic nitrogens is 3. The molecular formula is C17H26N4. The van der Waals surface area contributed by atoms with E-state index in [4.69, 9.17) is 4.98 Å². The van der Waals surface area contributed by atoms with Gasteiger partial charge in [0.15, 0.2) is 0 Å². The molecule has 1 saturated carbocycles. The van der Waals surface area contributed by atoms with Crippen LogP contribution in [0.25, 0.3) is 11.0 Å². The van der Waals surface area contributed by atoms with Crippen molar-refractivity contribution in [3.63, 3.8) is 0 Å². The van der Waals surface area contributed by atoms with Crippen molar-refractivity contribution >= 4 is 17.0 Å². The van der Waals surface area contributed by atoms with E-state index in [0.29, 0.717) is 12.1 Å². The second kappa shape index (κ2) is 6.46. The van der Waals surface area contributed by atoms with Gasteiger partial charge in [-0.25, -0.2) is 4.98 Å². The minimum absolute atomic E-state index is 0.422. The summed E-state index contributed by atoms with van der Waals surface area (Å²) >= 11 is 0. The van der Waals surface area contributed by atoms with Gasteiger partial charge in [-0.1, -0.05) is 32.6 Å². The van der Waals surface area contributed by atoms with Crippen LogP contribution in [-0.4, -0.2) is 20.6 Å². The fourth-order valence-electron chi connectivity index (χ4n) is 3.39. The highest BCUT2D eigenvalue weighted by atomic mass is 15.2. The molecule has 4 nitrogen and oxygen atoms in total. The fraction of sp³-hybridized carbons (Fsp3) is 0.647. The molecule has 0 aliphatic heterocycles. The largest absolute Gasteiger partial charge is 0.352 e. The Morgan fingerprint density at radius 2 is 2.14 bits per heavy atom. The molecular weight excluding hydrogens is 260 g/mol. The summed E-state index contributed by atoms with van der Waals surface area (Å²) in [5, 5.41) is 4.57. The molecule has 0 unspecified atom stereocenters. The first-order chi connectivity index (χ1) is 10.3. The average Bonchev–Trinajstić information content (AvgIpc) is 2.91. The molecule has 0 spiro atoms. The molecule has 0 amide bonds. The van der Waals surface area contributed by atoms with E-state index in [1.165, 1.54) is 38.5 Å². The first kappa shape index (κ1) is 14.4. The van der Waals surface area contributed by atoms with Crippen LogP contribution in [-0.2, 0) is 0 Å². The molecule has 0 bridgehead atoms. The van der Waals surface area contributed by atoms with Crippen molar-refractivity contribution < 1.29 is 0 Å². The predicted molar refractivity (Wildman–Crippen MR) is 87.6 cm³/mol. The molecule has 1 N–H and O–H groups in total. The summed E-state index contributed by atoms with van der Waals surface area (Å²) in [6.45, 7) is 4.40. The van der Waals surface area contributed by atoms with Gasteiger partial charge in [0.05, 0.1) is 0 Å². The minimum atomic E-state index is 0.422. The Morgan fingerprint density at radius 1 is 1.33 bits per heavy atom. The smallest absolute Gasteiger partial charge is 0.224 e. The first-order valence-corrected chi connectivity index (χ1v) is 8.38. The average molecular weight is 286 g/mol. The van der Waals surface area contributed by atoms with Crippen LogP contribution in [0.3, 0.4) is 0 Å². The second-order valence-electron chi connectivity index (χ2n) is 6.32. The van der Waals surface area contributed by atoms with Gasteiger partial charge in [-0.05, 0) is 32.3 Å². The summed E-state index contributed by atoms with van der Waals surface area (Å²) in [5.41, 5.74) is 1.09. The molecule has 2 aromatic heterocycles. The number of hydrogen-bond donors (Lipinski definition) is 1. The third-order valence-electron chi connectivity index (χ3n) is 4.52. The zero-order valence-electron chi connectivity index (χ0n) is 13.2. The van der Waals surface area contributed by atoms with Gasteiger partial charge in [-0.15, -0.1) is 0 Å². The maximum absolute atomic E-state index is 4.77. The number of anilines is 1. The summed E-state index contributed by atoms with van der Waals surface area (Å²) in [6.07, 6.45) is 13.1. The van der Waals surface area contributed by atoms with E-state index in [-0.39, 0.29) is 0 Å². The number of nitrogens with one attached hydrogen (secondary N) is 1. The Balaban J connectivity index is 1.85. The Hall–Kier alpha value is -1.58. The molecule has 21 heavy (non-hydrogen) atoms. The lowest BCUT2D eigenvalue weighted by Crippen LogP contribution is -2.17. The van der Waals surface area contributed by atoms with Gasteiger partial charge in [0.2, 0.25) is 5.95 Å². The third-order valence-corrected chi connectivity index (χ3v) is 4.52. The highest BCUT2D eigenvalue weighted by Gasteiger charge is 2.17. The van der Waals surface area contributed by atoms with Crippen molar-refractivity contribution in [2.45, 2.75) is 70.9 Å². The molecule has 1 atom stereocenters. The maximum Gasteiger partial charge on any atom is 0.224 e. The Labute approximate surface area is 127 Å². The van der Waals surface area contributed by atoms with E-state index in [2.05, 4.69) is 41.0 Å². The van der Waals surface area contributed by atoms with Gasteiger partial charge in [0.25, 0.3) is 0 Å². The van der Waals surface area contributed by atoms with Crippen LogP contribution in [0.1, 0.15) is 64.8 Å². The van der Waals surface area contributed by atoms with Crippen LogP contribution in [0.2, 0.25) is 0 Å². The lowest BCUT2D eigenvalue weighted by Gasteiger charge is -2.23. The first-order valence-electron chi connectivity index (χ1n) is 8.38. The van der Waals surface area contributed by atoms with Crippen LogP contribution < -0.4 is 5.32 Å². The zero-order chi connectivity index (χ0) is 14.7. The van der Waals surface area contributed by atoms with E-state index in [0.717, 1.165) is 23.4 Å². The minimum Gasteiger partial charge on any atom is -0.352 e. The molecule has 2 aromatic rings. The van der Waals surface area contributed by atoms with Crippen LogP contribution in [0.5, 0.6) is 0 Å². The monoisotopic (exact) mass is 286 g/mol. The van der Waals surface area contributed by atoms with Crippen molar-refractivity contribution in [2.24, 2.45) is 0 Å². The number of nitrogens with zero attached hydrogens (tertiary/aromatic N) is 3. The topological polar surface area (TPSA) is 42.7 Å². The Kier molecular flexibility index (Phi) is 4.42. The third kappa shape index (κ3) is 3.20. The SMILES string of the molecule is CCC[C@H](C)Nc1ncc2ccn(C3CCCCC3)c2n1. The summed E-state index contributed by atoms with van der Waals surface area (Å²) in [7, 11) is 0. The standard InChI is InChI=1S/C17H26N4/c1-3-7-13(2)19-17-18-12-14-10-11-21(16(14)20-17)15-8-5-4-6-9-15/h10-13,15H,3-9H2,1-2H3,(H,18,19,20)/t13-/m0/s1. The number of rotatable bonds is 5. The maximum atomic E-state index is 4.77. The molecule has 1 fully saturated rings. The van der Waals surface area contributed by atoms with Crippen molar-refractivity contribution in [3.8, 4) is 0 Å². The lowest BCUT2D eigenvalue weighted by atomic mass is 9.95. The summed E-state index contributed by atoms with van der Waals surface area (Å²) in [5.74, 6) is 0.763. The van der Waals surface area contributed by atoms with E-state index < -0.39 is 0 Å². The van der Waals surface area contributed by atoms with Crippen LogP contribution in [0, 0.1) is 0 Å². The zero-order valence-corrected chi connectivity index (χ0v) is 13.2. The normalized spacial score (nSPS) is 18.0. The van der Waals surface area contributed by atoms with Gasteiger partial charge in [0.1, 0.15) is 5.65 Å². The highest BCUT2D eigenvalue weighted by Crippen LogP contribution is 2.31. The molecule has 1 aliphatic rings. The predicted octanol–water partition coefficient (Wildman–Crippen LogP) is 4.54. The van der Waals surface area contributed by atoms with E-state index >= 15 is 0 Å². The van der Waals surface area contributed by atoms with E-state index in [1.807, 2.05) is 6.20 Å². The molecule has 114 valence electrons. The molecule has 2 heterocycles. The summed E-state index contributed by atoms with van der Waals surface area (Å²) in [6, 6.07) is 3.18. The molecule has 3 rings (SSSR count). The Morgan fingerprint density at radius 3 is 2.90 bits per heavy atom. The van der Waals surface area contributed by atoms with Gasteiger partial charge < -0.3 is 9.88 Å². The quantitative estimate of drug-likeness (QED) is 0.877. The highest BCUT2D eigenvalue weighted by molar-refractivity contribution is 5.76. The molecule has 0 saturated heterocycles. The van der Waals surface area contributed by atoms with Gasteiger partial charge in [-0.3, -0.25) is 0 Å². The van der Waals surface area contributed by atoms with Crippen LogP contribution in [0.15, 0.2) is 18.5 Å². The lowest BCUT2D eigenvalue weighted by molar-refractivity contribution is 0.359. The summed E-state index contributed by atoms with van der Waals surface area (Å²) < 4.78 is 2.37. The van der Waals surface area contributed by atoms with Crippen molar-refractivity contribution in [3.05, 3.63) is 18.5 Å². The Bertz CT molecular complexity index is 583. The molecule has 4 heteroatoms. The van der Waals surface area contributed by atoms with Crippen molar-refractivity contribution in [2.75, 3.05) is 5.32 Å². The molecule has 0 aromatic carbocycles. The van der Waals surface area contributed by atoms with Crippen LogP contribution >= 0.6 is 0 Å². The van der Waals surface area contributed by atoms with Crippen LogP contribution in [0.4, 0.5) is 5.95 Å². The molecule has 1 aliphatic carbocycles. The number of hydrogen-bond acceptors (Lipinski definition) is 3. The van der Waals surface area contributed by atoms with E-state index in [1.54, 1.807) is 0 Å². The number of fused-ring (bicyclic) bond motifs is 1. The van der Waals surface area contributed by atoms with E-state index in [9.17, 15) is 0 Å². The molecule has 0 radical (unpaired) electrons. The van der Waals surface area contributed by atoms with Gasteiger partial charge >= 0.3 is 0 Å². The van der Waals surface area contributed by atoms with Crippen molar-refractivity contribution in [1.82, 2.24) is 14.5 Å². The fourth-order valence-corrected chi connectivity index (χ4v) is 3.39. The van der Waals surface area contributed by atoms with Crippen molar-refractivity contribution in [1.29, 1.82) is 0 Å². The second-order valence-corrected chi connectivity index (χ2v) is 6.32. The van der Waals surface area contributed by atoms with Gasteiger partial charge in [-0.2, -0.15) is 4.98 Å². The summed E-state index contributed by atoms with van der Waals surface area (Å²) in [4.78, 5) is 9.23.